The average molecular weight is 788 g/mol. The lowest BCUT2D eigenvalue weighted by atomic mass is 9.60. The number of alkyl halides is 3. The van der Waals surface area contributed by atoms with Crippen molar-refractivity contribution in [3.8, 4) is 17.1 Å². The Morgan fingerprint density at radius 1 is 0.982 bits per heavy atom. The Morgan fingerprint density at radius 3 is 2.20 bits per heavy atom. The van der Waals surface area contributed by atoms with Crippen molar-refractivity contribution < 1.29 is 45.8 Å². The number of aryl methyl sites for hydroxylation is 2. The molecule has 16 heteroatoms. The summed E-state index contributed by atoms with van der Waals surface area (Å²) in [6.07, 6.45) is -1.79. The predicted molar refractivity (Wildman–Crippen MR) is 198 cm³/mol. The van der Waals surface area contributed by atoms with Crippen LogP contribution in [0.15, 0.2) is 53.4 Å². The molecule has 6 rings (SSSR count). The van der Waals surface area contributed by atoms with Gasteiger partial charge < -0.3 is 24.8 Å². The van der Waals surface area contributed by atoms with Crippen molar-refractivity contribution >= 4 is 28.0 Å². The number of hydrogen-bond acceptors (Lipinski definition) is 9. The van der Waals surface area contributed by atoms with Crippen LogP contribution in [0.1, 0.15) is 87.2 Å². The molecule has 1 unspecified atom stereocenters. The molecule has 1 saturated heterocycles. The van der Waals surface area contributed by atoms with Crippen LogP contribution < -0.4 is 14.8 Å². The van der Waals surface area contributed by atoms with Gasteiger partial charge in [0, 0.05) is 36.8 Å². The molecule has 2 saturated carbocycles. The molecule has 1 spiro atoms. The van der Waals surface area contributed by atoms with Crippen LogP contribution in [0.25, 0.3) is 11.3 Å². The highest BCUT2D eigenvalue weighted by Crippen LogP contribution is 2.60. The number of nitrogens with zero attached hydrogens (tertiary/aromatic N) is 3. The third-order valence-electron chi connectivity index (χ3n) is 10.9. The number of carboxylic acids is 1. The van der Waals surface area contributed by atoms with E-state index in [1.807, 2.05) is 52.8 Å². The molecule has 2 aromatic carbocycles. The van der Waals surface area contributed by atoms with E-state index < -0.39 is 39.2 Å². The molecule has 298 valence electrons. The molecule has 12 nitrogen and oxygen atoms in total. The SMILES string of the molecule is Cc1cccc(C)c1-c1cc(OCC(CC2(C(F)(F)F)CC2)NC2CC3(CCN(C(=O)OC(C)(C)C)CC3)C2)nc(NS(=O)(=O)c2cccc(C(=O)O)c2)n1. The fraction of sp³-hybridized carbons (Fsp3) is 0.538. The molecule has 3 N–H and O–H groups in total. The third kappa shape index (κ3) is 9.34. The van der Waals surface area contributed by atoms with E-state index in [4.69, 9.17) is 9.47 Å². The fourth-order valence-corrected chi connectivity index (χ4v) is 8.77. The van der Waals surface area contributed by atoms with Gasteiger partial charge in [-0.15, -0.1) is 0 Å². The Labute approximate surface area is 319 Å². The van der Waals surface area contributed by atoms with Crippen LogP contribution in [0, 0.1) is 24.7 Å². The quantitative estimate of drug-likeness (QED) is 0.168. The molecule has 2 aliphatic carbocycles. The van der Waals surface area contributed by atoms with E-state index in [0.717, 1.165) is 42.9 Å². The zero-order valence-electron chi connectivity index (χ0n) is 31.6. The first-order valence-electron chi connectivity index (χ1n) is 18.4. The molecule has 2 heterocycles. The summed E-state index contributed by atoms with van der Waals surface area (Å²) in [4.78, 5) is 34.3. The normalized spacial score (nSPS) is 18.7. The summed E-state index contributed by atoms with van der Waals surface area (Å²) in [5, 5.41) is 12.8. The smallest absolute Gasteiger partial charge is 0.410 e. The lowest BCUT2D eigenvalue weighted by molar-refractivity contribution is -0.191. The number of piperidine rings is 1. The Bertz CT molecular complexity index is 2010. The summed E-state index contributed by atoms with van der Waals surface area (Å²) in [7, 11) is -4.37. The number of nitrogens with one attached hydrogen (secondary N) is 2. The number of hydrogen-bond donors (Lipinski definition) is 3. The van der Waals surface area contributed by atoms with Gasteiger partial charge in [-0.25, -0.2) is 27.7 Å². The monoisotopic (exact) mass is 787 g/mol. The van der Waals surface area contributed by atoms with Crippen molar-refractivity contribution in [1.29, 1.82) is 0 Å². The van der Waals surface area contributed by atoms with Crippen LogP contribution >= 0.6 is 0 Å². The number of benzene rings is 2. The minimum Gasteiger partial charge on any atom is -0.478 e. The van der Waals surface area contributed by atoms with Gasteiger partial charge in [-0.1, -0.05) is 24.3 Å². The van der Waals surface area contributed by atoms with Gasteiger partial charge in [0.2, 0.25) is 11.8 Å². The molecule has 1 amide bonds. The van der Waals surface area contributed by atoms with Crippen LogP contribution in [0.5, 0.6) is 5.88 Å². The molecule has 3 aliphatic rings. The van der Waals surface area contributed by atoms with Gasteiger partial charge in [0.15, 0.2) is 0 Å². The van der Waals surface area contributed by atoms with E-state index in [1.165, 1.54) is 24.3 Å². The second-order valence-electron chi connectivity index (χ2n) is 16.3. The molecule has 0 radical (unpaired) electrons. The van der Waals surface area contributed by atoms with Crippen LogP contribution in [0.4, 0.5) is 23.9 Å². The largest absolute Gasteiger partial charge is 0.478 e. The number of amides is 1. The number of carbonyl (C=O) groups is 2. The summed E-state index contributed by atoms with van der Waals surface area (Å²) < 4.78 is 83.6. The highest BCUT2D eigenvalue weighted by Gasteiger charge is 2.63. The summed E-state index contributed by atoms with van der Waals surface area (Å²) in [6, 6.07) is 11.2. The average Bonchev–Trinajstić information content (AvgIpc) is 3.87. The number of rotatable bonds is 12. The van der Waals surface area contributed by atoms with E-state index in [-0.39, 0.29) is 65.7 Å². The number of carboxylic acid groups (broad SMARTS) is 1. The fourth-order valence-electron chi connectivity index (χ4n) is 7.78. The Morgan fingerprint density at radius 2 is 1.62 bits per heavy atom. The number of anilines is 1. The number of aromatic carboxylic acids is 1. The standard InChI is InChI=1S/C39H48F3N5O7S/c1-24-8-6-9-25(2)32(24)30-19-31(45-34(44-30)46-55(51,52)29-11-7-10-26(18-29)33(48)49)53-23-28(22-38(12-13-38)39(40,41)42)43-27-20-37(21-27)14-16-47(17-15-37)35(50)54-36(3,4)5/h6-11,18-19,27-28,43H,12-17,20-23H2,1-5H3,(H,48,49)(H,44,45,46). The topological polar surface area (TPSA) is 160 Å². The number of ether oxygens (including phenoxy) is 2. The van der Waals surface area contributed by atoms with Gasteiger partial charge in [-0.2, -0.15) is 18.2 Å². The van der Waals surface area contributed by atoms with Gasteiger partial charge in [-0.3, -0.25) is 0 Å². The minimum atomic E-state index is -4.38. The van der Waals surface area contributed by atoms with Crippen molar-refractivity contribution in [2.45, 2.75) is 108 Å². The molecular formula is C39H48F3N5O7S. The van der Waals surface area contributed by atoms with Gasteiger partial charge in [0.25, 0.3) is 10.0 Å². The van der Waals surface area contributed by atoms with E-state index in [2.05, 4.69) is 20.0 Å². The zero-order chi connectivity index (χ0) is 40.0. The van der Waals surface area contributed by atoms with Gasteiger partial charge >= 0.3 is 18.2 Å². The Balaban J connectivity index is 1.21. The van der Waals surface area contributed by atoms with Crippen molar-refractivity contribution in [1.82, 2.24) is 20.2 Å². The molecule has 55 heavy (non-hydrogen) atoms. The van der Waals surface area contributed by atoms with Crippen molar-refractivity contribution in [3.05, 3.63) is 65.2 Å². The summed E-state index contributed by atoms with van der Waals surface area (Å²) in [6.45, 7) is 10.1. The second kappa shape index (κ2) is 14.9. The second-order valence-corrected chi connectivity index (χ2v) is 18.0. The first kappa shape index (κ1) is 40.2. The first-order valence-corrected chi connectivity index (χ1v) is 19.9. The number of carbonyl (C=O) groups excluding carboxylic acids is 1. The zero-order valence-corrected chi connectivity index (χ0v) is 32.4. The molecule has 1 aromatic heterocycles. The van der Waals surface area contributed by atoms with Crippen molar-refractivity contribution in [2.24, 2.45) is 10.8 Å². The van der Waals surface area contributed by atoms with Gasteiger partial charge in [0.1, 0.15) is 12.2 Å². The van der Waals surface area contributed by atoms with Crippen LogP contribution in [0.3, 0.4) is 0 Å². The molecule has 3 aromatic rings. The van der Waals surface area contributed by atoms with Crippen LogP contribution in [-0.4, -0.2) is 84.0 Å². The number of aromatic nitrogens is 2. The lowest BCUT2D eigenvalue weighted by Crippen LogP contribution is -2.57. The Kier molecular flexibility index (Phi) is 10.9. The van der Waals surface area contributed by atoms with Crippen molar-refractivity contribution in [2.75, 3.05) is 24.4 Å². The summed E-state index contributed by atoms with van der Waals surface area (Å²) in [5.74, 6) is -1.70. The van der Waals surface area contributed by atoms with Crippen LogP contribution in [0.2, 0.25) is 0 Å². The predicted octanol–water partition coefficient (Wildman–Crippen LogP) is 7.51. The molecule has 1 atom stereocenters. The highest BCUT2D eigenvalue weighted by atomic mass is 32.2. The van der Waals surface area contributed by atoms with E-state index in [9.17, 15) is 36.3 Å². The van der Waals surface area contributed by atoms with E-state index in [1.54, 1.807) is 4.90 Å². The molecule has 3 fully saturated rings. The van der Waals surface area contributed by atoms with E-state index in [0.29, 0.717) is 24.3 Å². The first-order chi connectivity index (χ1) is 25.7. The lowest BCUT2D eigenvalue weighted by Gasteiger charge is -2.53. The minimum absolute atomic E-state index is 0.00805. The number of likely N-dealkylation sites (tertiary alicyclic amines) is 1. The Hall–Kier alpha value is -4.44. The summed E-state index contributed by atoms with van der Waals surface area (Å²) in [5.41, 5.74) is 0.0571. The van der Waals surface area contributed by atoms with Gasteiger partial charge in [0.05, 0.1) is 21.6 Å². The molecule has 0 bridgehead atoms. The van der Waals surface area contributed by atoms with E-state index >= 15 is 0 Å². The maximum absolute atomic E-state index is 14.2. The number of halogens is 3. The molecular weight excluding hydrogens is 740 g/mol. The van der Waals surface area contributed by atoms with Gasteiger partial charge in [-0.05, 0) is 114 Å². The maximum Gasteiger partial charge on any atom is 0.410 e. The third-order valence-corrected chi connectivity index (χ3v) is 12.2. The maximum atomic E-state index is 14.2. The number of sulfonamides is 1. The van der Waals surface area contributed by atoms with Crippen LogP contribution in [-0.2, 0) is 14.8 Å². The highest BCUT2D eigenvalue weighted by molar-refractivity contribution is 7.92. The van der Waals surface area contributed by atoms with Crippen molar-refractivity contribution in [3.63, 3.8) is 0 Å². The summed E-state index contributed by atoms with van der Waals surface area (Å²) >= 11 is 0. The molecule has 1 aliphatic heterocycles.